The van der Waals surface area contributed by atoms with Crippen LogP contribution in [-0.4, -0.2) is 54.8 Å². The standard InChI is InChI=1S/C16H17BrN2O4S2/c1-11-2-5-15(24-11)25(22,23)19-8-6-18(7-9-19)16(21)13-10-12(17)3-4-14(13)20/h2-5,10,20H,6-9H2,1H3. The summed E-state index contributed by atoms with van der Waals surface area (Å²) in [5.41, 5.74) is 0.208. The second-order valence-corrected chi connectivity index (χ2v) is 10.1. The van der Waals surface area contributed by atoms with Crippen LogP contribution in [0, 0.1) is 6.92 Å². The fourth-order valence-corrected chi connectivity index (χ4v) is 5.88. The molecule has 9 heteroatoms. The largest absolute Gasteiger partial charge is 0.507 e. The number of hydrogen-bond acceptors (Lipinski definition) is 5. The molecule has 1 aromatic carbocycles. The van der Waals surface area contributed by atoms with Gasteiger partial charge in [0.15, 0.2) is 0 Å². The second-order valence-electron chi connectivity index (χ2n) is 5.72. The van der Waals surface area contributed by atoms with E-state index in [0.717, 1.165) is 4.88 Å². The zero-order valence-electron chi connectivity index (χ0n) is 13.5. The van der Waals surface area contributed by atoms with Gasteiger partial charge in [-0.1, -0.05) is 15.9 Å². The number of nitrogens with zero attached hydrogens (tertiary/aromatic N) is 2. The average molecular weight is 445 g/mol. The highest BCUT2D eigenvalue weighted by molar-refractivity contribution is 9.10. The van der Waals surface area contributed by atoms with Crippen LogP contribution in [0.15, 0.2) is 39.0 Å². The van der Waals surface area contributed by atoms with E-state index in [2.05, 4.69) is 15.9 Å². The number of aryl methyl sites for hydroxylation is 1. The fraction of sp³-hybridized carbons (Fsp3) is 0.312. The summed E-state index contributed by atoms with van der Waals surface area (Å²) in [5, 5.41) is 9.89. The summed E-state index contributed by atoms with van der Waals surface area (Å²) in [6, 6.07) is 8.08. The van der Waals surface area contributed by atoms with E-state index in [1.165, 1.54) is 21.7 Å². The van der Waals surface area contributed by atoms with E-state index in [1.54, 1.807) is 29.2 Å². The van der Waals surface area contributed by atoms with Gasteiger partial charge in [-0.05, 0) is 37.3 Å². The van der Waals surface area contributed by atoms with Gasteiger partial charge in [-0.15, -0.1) is 11.3 Å². The number of rotatable bonds is 3. The maximum atomic E-state index is 12.6. The molecule has 1 saturated heterocycles. The summed E-state index contributed by atoms with van der Waals surface area (Å²) in [4.78, 5) is 15.1. The third kappa shape index (κ3) is 3.74. The van der Waals surface area contributed by atoms with Gasteiger partial charge < -0.3 is 10.0 Å². The predicted octanol–water partition coefficient (Wildman–Crippen LogP) is 2.67. The third-order valence-corrected chi connectivity index (χ3v) is 7.88. The first-order valence-corrected chi connectivity index (χ1v) is 10.7. The van der Waals surface area contributed by atoms with Crippen molar-refractivity contribution < 1.29 is 18.3 Å². The van der Waals surface area contributed by atoms with Gasteiger partial charge in [-0.25, -0.2) is 8.42 Å². The van der Waals surface area contributed by atoms with Gasteiger partial charge in [0.05, 0.1) is 5.56 Å². The molecule has 1 N–H and O–H groups in total. The molecule has 2 aromatic rings. The molecule has 1 aromatic heterocycles. The molecule has 0 radical (unpaired) electrons. The van der Waals surface area contributed by atoms with Gasteiger partial charge in [-0.2, -0.15) is 4.31 Å². The van der Waals surface area contributed by atoms with Crippen LogP contribution in [0.4, 0.5) is 0 Å². The molecule has 134 valence electrons. The highest BCUT2D eigenvalue weighted by atomic mass is 79.9. The van der Waals surface area contributed by atoms with Crippen molar-refractivity contribution in [1.29, 1.82) is 0 Å². The normalized spacial score (nSPS) is 16.2. The Bertz CT molecular complexity index is 903. The number of hydrogen-bond donors (Lipinski definition) is 1. The van der Waals surface area contributed by atoms with Gasteiger partial charge in [0.2, 0.25) is 0 Å². The van der Waals surface area contributed by atoms with Crippen molar-refractivity contribution in [2.75, 3.05) is 26.2 Å². The first-order valence-electron chi connectivity index (χ1n) is 7.63. The number of sulfonamides is 1. The molecule has 0 saturated carbocycles. The van der Waals surface area contributed by atoms with Crippen LogP contribution in [0.3, 0.4) is 0 Å². The van der Waals surface area contributed by atoms with Crippen LogP contribution in [0.25, 0.3) is 0 Å². The fourth-order valence-electron chi connectivity index (χ4n) is 2.66. The average Bonchev–Trinajstić information content (AvgIpc) is 3.04. The van der Waals surface area contributed by atoms with Crippen molar-refractivity contribution in [3.63, 3.8) is 0 Å². The van der Waals surface area contributed by atoms with Crippen LogP contribution in [0.5, 0.6) is 5.75 Å². The molecule has 1 aliphatic heterocycles. The molecule has 6 nitrogen and oxygen atoms in total. The number of halogens is 1. The molecule has 0 bridgehead atoms. The number of phenols is 1. The Morgan fingerprint density at radius 1 is 1.16 bits per heavy atom. The number of thiophene rings is 1. The maximum Gasteiger partial charge on any atom is 0.257 e. The minimum Gasteiger partial charge on any atom is -0.507 e. The summed E-state index contributed by atoms with van der Waals surface area (Å²) in [6.07, 6.45) is 0. The van der Waals surface area contributed by atoms with Crippen LogP contribution >= 0.6 is 27.3 Å². The summed E-state index contributed by atoms with van der Waals surface area (Å²) >= 11 is 4.53. The smallest absolute Gasteiger partial charge is 0.257 e. The van der Waals surface area contributed by atoms with E-state index in [0.29, 0.717) is 8.68 Å². The summed E-state index contributed by atoms with van der Waals surface area (Å²) < 4.78 is 27.7. The van der Waals surface area contributed by atoms with E-state index in [-0.39, 0.29) is 43.4 Å². The lowest BCUT2D eigenvalue weighted by Gasteiger charge is -2.33. The van der Waals surface area contributed by atoms with E-state index in [9.17, 15) is 18.3 Å². The number of piperazine rings is 1. The molecule has 0 aliphatic carbocycles. The van der Waals surface area contributed by atoms with Crippen LogP contribution in [0.1, 0.15) is 15.2 Å². The molecule has 3 rings (SSSR count). The van der Waals surface area contributed by atoms with E-state index >= 15 is 0 Å². The molecular weight excluding hydrogens is 428 g/mol. The number of aromatic hydroxyl groups is 1. The predicted molar refractivity (Wildman–Crippen MR) is 99.5 cm³/mol. The Kier molecular flexibility index (Phi) is 5.19. The quantitative estimate of drug-likeness (QED) is 0.788. The third-order valence-electron chi connectivity index (χ3n) is 4.02. The second kappa shape index (κ2) is 7.06. The van der Waals surface area contributed by atoms with Gasteiger partial charge in [-0.3, -0.25) is 4.79 Å². The summed E-state index contributed by atoms with van der Waals surface area (Å²) in [7, 11) is -3.51. The molecule has 25 heavy (non-hydrogen) atoms. The SMILES string of the molecule is Cc1ccc(S(=O)(=O)N2CCN(C(=O)c3cc(Br)ccc3O)CC2)s1. The van der Waals surface area contributed by atoms with E-state index in [1.807, 2.05) is 6.92 Å². The lowest BCUT2D eigenvalue weighted by molar-refractivity contribution is 0.0695. The Balaban J connectivity index is 1.71. The molecule has 0 unspecified atom stereocenters. The monoisotopic (exact) mass is 444 g/mol. The van der Waals surface area contributed by atoms with Gasteiger partial charge in [0.1, 0.15) is 9.96 Å². The number of carbonyl (C=O) groups excluding carboxylic acids is 1. The van der Waals surface area contributed by atoms with Crippen LogP contribution < -0.4 is 0 Å². The van der Waals surface area contributed by atoms with Crippen LogP contribution in [-0.2, 0) is 10.0 Å². The lowest BCUT2D eigenvalue weighted by Crippen LogP contribution is -2.50. The highest BCUT2D eigenvalue weighted by Gasteiger charge is 2.31. The Morgan fingerprint density at radius 3 is 2.44 bits per heavy atom. The minimum absolute atomic E-state index is 0.0858. The number of carbonyl (C=O) groups is 1. The molecule has 0 atom stereocenters. The highest BCUT2D eigenvalue weighted by Crippen LogP contribution is 2.27. The van der Waals surface area contributed by atoms with Crippen molar-refractivity contribution in [3.05, 3.63) is 45.2 Å². The van der Waals surface area contributed by atoms with Gasteiger partial charge in [0.25, 0.3) is 15.9 Å². The van der Waals surface area contributed by atoms with Crippen molar-refractivity contribution >= 4 is 43.2 Å². The van der Waals surface area contributed by atoms with E-state index in [4.69, 9.17) is 0 Å². The first-order chi connectivity index (χ1) is 11.8. The van der Waals surface area contributed by atoms with Crippen molar-refractivity contribution in [2.45, 2.75) is 11.1 Å². The molecule has 2 heterocycles. The van der Waals surface area contributed by atoms with Gasteiger partial charge >= 0.3 is 0 Å². The number of benzene rings is 1. The molecule has 0 spiro atoms. The number of amides is 1. The van der Waals surface area contributed by atoms with Crippen molar-refractivity contribution in [2.24, 2.45) is 0 Å². The lowest BCUT2D eigenvalue weighted by atomic mass is 10.1. The Hall–Kier alpha value is -1.42. The molecular formula is C16H17BrN2O4S2. The Labute approximate surface area is 158 Å². The zero-order chi connectivity index (χ0) is 18.2. The van der Waals surface area contributed by atoms with Crippen molar-refractivity contribution in [1.82, 2.24) is 9.21 Å². The minimum atomic E-state index is -3.51. The summed E-state index contributed by atoms with van der Waals surface area (Å²) in [6.45, 7) is 2.91. The van der Waals surface area contributed by atoms with Crippen LogP contribution in [0.2, 0.25) is 0 Å². The van der Waals surface area contributed by atoms with E-state index < -0.39 is 10.0 Å². The molecule has 1 aliphatic rings. The van der Waals surface area contributed by atoms with Gasteiger partial charge in [0, 0.05) is 35.5 Å². The maximum absolute atomic E-state index is 12.6. The zero-order valence-corrected chi connectivity index (χ0v) is 16.7. The molecule has 1 fully saturated rings. The van der Waals surface area contributed by atoms with Crippen molar-refractivity contribution in [3.8, 4) is 5.75 Å². The molecule has 1 amide bonds. The summed E-state index contributed by atoms with van der Waals surface area (Å²) in [5.74, 6) is -0.389. The Morgan fingerprint density at radius 2 is 1.84 bits per heavy atom. The topological polar surface area (TPSA) is 77.9 Å². The first kappa shape index (κ1) is 18.4. The number of phenolic OH excluding ortho intramolecular Hbond substituents is 1.